The molecule has 3 rings (SSSR count). The summed E-state index contributed by atoms with van der Waals surface area (Å²) in [6, 6.07) is 8.38. The first-order chi connectivity index (χ1) is 12.4. The van der Waals surface area contributed by atoms with Crippen LogP contribution in [0.1, 0.15) is 20.9 Å². The lowest BCUT2D eigenvalue weighted by atomic mass is 10.2. The van der Waals surface area contributed by atoms with Crippen molar-refractivity contribution in [3.8, 4) is 0 Å². The van der Waals surface area contributed by atoms with Crippen molar-refractivity contribution in [2.45, 2.75) is 5.09 Å². The number of hydrogen-bond donors (Lipinski definition) is 2. The van der Waals surface area contributed by atoms with Crippen LogP contribution in [0, 0.1) is 0 Å². The highest BCUT2D eigenvalue weighted by Gasteiger charge is 2.30. The van der Waals surface area contributed by atoms with Crippen LogP contribution < -0.4 is 11.1 Å². The number of carbonyl (C=O) groups excluding carboxylic acids is 2. The molecule has 2 heterocycles. The Hall–Kier alpha value is -2.69. The Morgan fingerprint density at radius 2 is 1.65 bits per heavy atom. The van der Waals surface area contributed by atoms with Crippen LogP contribution in [0.15, 0.2) is 45.9 Å². The van der Waals surface area contributed by atoms with Gasteiger partial charge in [-0.1, -0.05) is 0 Å². The van der Waals surface area contributed by atoms with Gasteiger partial charge in [0.15, 0.2) is 5.76 Å². The zero-order chi connectivity index (χ0) is 18.7. The van der Waals surface area contributed by atoms with Crippen molar-refractivity contribution in [3.63, 3.8) is 0 Å². The molecule has 1 aromatic heterocycles. The molecule has 1 aliphatic rings. The monoisotopic (exact) mass is 379 g/mol. The third-order valence-corrected chi connectivity index (χ3v) is 5.54. The Labute approximate surface area is 149 Å². The molecule has 138 valence electrons. The molecule has 1 fully saturated rings. The van der Waals surface area contributed by atoms with E-state index in [0.29, 0.717) is 18.9 Å². The zero-order valence-electron chi connectivity index (χ0n) is 13.7. The minimum atomic E-state index is -3.85. The van der Waals surface area contributed by atoms with Crippen LogP contribution in [-0.4, -0.2) is 50.8 Å². The maximum atomic E-state index is 12.5. The molecule has 1 aromatic carbocycles. The summed E-state index contributed by atoms with van der Waals surface area (Å²) in [5.41, 5.74) is 6.26. The minimum Gasteiger partial charge on any atom is -0.438 e. The Bertz CT molecular complexity index is 914. The largest absolute Gasteiger partial charge is 0.438 e. The van der Waals surface area contributed by atoms with E-state index >= 15 is 0 Å². The van der Waals surface area contributed by atoms with Crippen molar-refractivity contribution in [3.05, 3.63) is 47.7 Å². The van der Waals surface area contributed by atoms with Crippen molar-refractivity contribution < 1.29 is 27.2 Å². The summed E-state index contributed by atoms with van der Waals surface area (Å²) in [4.78, 5) is 24.2. The molecule has 2 amide bonds. The Kier molecular flexibility index (Phi) is 5.07. The van der Waals surface area contributed by atoms with E-state index in [1.807, 2.05) is 0 Å². The number of nitrogens with one attached hydrogen (secondary N) is 1. The van der Waals surface area contributed by atoms with E-state index in [9.17, 15) is 18.0 Å². The van der Waals surface area contributed by atoms with E-state index in [1.165, 1.54) is 40.7 Å². The van der Waals surface area contributed by atoms with E-state index in [1.54, 1.807) is 0 Å². The Morgan fingerprint density at radius 3 is 2.31 bits per heavy atom. The van der Waals surface area contributed by atoms with E-state index < -0.39 is 21.8 Å². The number of amides is 2. The molecule has 3 N–H and O–H groups in total. The zero-order valence-corrected chi connectivity index (χ0v) is 14.5. The van der Waals surface area contributed by atoms with Crippen LogP contribution in [0.25, 0.3) is 0 Å². The third kappa shape index (κ3) is 3.77. The number of anilines is 1. The fourth-order valence-corrected chi connectivity index (χ4v) is 3.69. The Balaban J connectivity index is 1.71. The number of rotatable bonds is 4. The van der Waals surface area contributed by atoms with E-state index in [2.05, 4.69) is 5.32 Å². The molecule has 26 heavy (non-hydrogen) atoms. The molecule has 0 radical (unpaired) electrons. The third-order valence-electron chi connectivity index (χ3n) is 3.77. The lowest BCUT2D eigenvalue weighted by molar-refractivity contribution is 0.0722. The summed E-state index contributed by atoms with van der Waals surface area (Å²) < 4.78 is 36.4. The topological polar surface area (TPSA) is 132 Å². The molecule has 9 nitrogen and oxygen atoms in total. The normalized spacial score (nSPS) is 15.5. The van der Waals surface area contributed by atoms with Crippen LogP contribution in [0.5, 0.6) is 0 Å². The number of furan rings is 1. The average molecular weight is 379 g/mol. The quantitative estimate of drug-likeness (QED) is 0.582. The van der Waals surface area contributed by atoms with Gasteiger partial charge in [-0.25, -0.2) is 8.42 Å². The SMILES string of the molecule is Nc1ccc(C(=O)NC(=O)c2ccc(S(=O)(=O)N3CCOCC3)o2)cc1. The summed E-state index contributed by atoms with van der Waals surface area (Å²) >= 11 is 0. The van der Waals surface area contributed by atoms with Crippen molar-refractivity contribution in [2.75, 3.05) is 32.0 Å². The van der Waals surface area contributed by atoms with Crippen LogP contribution in [-0.2, 0) is 14.8 Å². The van der Waals surface area contributed by atoms with Gasteiger partial charge in [0.25, 0.3) is 21.8 Å². The number of carbonyl (C=O) groups is 2. The molecule has 0 spiro atoms. The molecule has 2 aromatic rings. The first-order valence-electron chi connectivity index (χ1n) is 7.77. The number of nitrogens with two attached hydrogens (primary N) is 1. The van der Waals surface area contributed by atoms with Gasteiger partial charge in [-0.3, -0.25) is 14.9 Å². The maximum Gasteiger partial charge on any atom is 0.293 e. The molecule has 10 heteroatoms. The maximum absolute atomic E-state index is 12.5. The summed E-state index contributed by atoms with van der Waals surface area (Å²) in [5, 5.41) is 1.78. The molecule has 0 bridgehead atoms. The first kappa shape index (κ1) is 18.1. The second kappa shape index (κ2) is 7.28. The van der Waals surface area contributed by atoms with Gasteiger partial charge in [-0.05, 0) is 36.4 Å². The van der Waals surface area contributed by atoms with Crippen molar-refractivity contribution in [1.29, 1.82) is 0 Å². The van der Waals surface area contributed by atoms with Gasteiger partial charge < -0.3 is 14.9 Å². The Morgan fingerprint density at radius 1 is 1.00 bits per heavy atom. The van der Waals surface area contributed by atoms with Crippen LogP contribution in [0.3, 0.4) is 0 Å². The van der Waals surface area contributed by atoms with E-state index in [0.717, 1.165) is 0 Å². The fourth-order valence-electron chi connectivity index (χ4n) is 2.37. The van der Waals surface area contributed by atoms with Gasteiger partial charge >= 0.3 is 0 Å². The summed E-state index contributed by atoms with van der Waals surface area (Å²) in [5.74, 6) is -1.76. The predicted molar refractivity (Wildman–Crippen MR) is 90.9 cm³/mol. The molecule has 0 saturated carbocycles. The summed E-state index contributed by atoms with van der Waals surface area (Å²) in [6.07, 6.45) is 0. The number of nitrogens with zero attached hydrogens (tertiary/aromatic N) is 1. The van der Waals surface area contributed by atoms with E-state index in [4.69, 9.17) is 14.9 Å². The smallest absolute Gasteiger partial charge is 0.293 e. The molecule has 1 aliphatic heterocycles. The van der Waals surface area contributed by atoms with Gasteiger partial charge in [0, 0.05) is 24.3 Å². The lowest BCUT2D eigenvalue weighted by Gasteiger charge is -2.24. The van der Waals surface area contributed by atoms with Gasteiger partial charge in [-0.2, -0.15) is 4.31 Å². The number of ether oxygens (including phenoxy) is 1. The van der Waals surface area contributed by atoms with Gasteiger partial charge in [-0.15, -0.1) is 0 Å². The second-order valence-corrected chi connectivity index (χ2v) is 7.41. The highest BCUT2D eigenvalue weighted by Crippen LogP contribution is 2.20. The number of benzene rings is 1. The standard InChI is InChI=1S/C16H17N3O6S/c17-12-3-1-11(2-4-12)15(20)18-16(21)13-5-6-14(25-13)26(22,23)19-7-9-24-10-8-19/h1-6H,7-10,17H2,(H,18,20,21). The van der Waals surface area contributed by atoms with Crippen LogP contribution >= 0.6 is 0 Å². The van der Waals surface area contributed by atoms with Crippen molar-refractivity contribution >= 4 is 27.5 Å². The number of nitrogen functional groups attached to an aromatic ring is 1. The number of imide groups is 1. The molecule has 0 aliphatic carbocycles. The van der Waals surface area contributed by atoms with Crippen molar-refractivity contribution in [1.82, 2.24) is 9.62 Å². The molecule has 1 saturated heterocycles. The number of sulfonamides is 1. The van der Waals surface area contributed by atoms with Crippen LogP contribution in [0.2, 0.25) is 0 Å². The minimum absolute atomic E-state index is 0.209. The van der Waals surface area contributed by atoms with Gasteiger partial charge in [0.2, 0.25) is 5.09 Å². The predicted octanol–water partition coefficient (Wildman–Crippen LogP) is 0.453. The second-order valence-electron chi connectivity index (χ2n) is 5.54. The van der Waals surface area contributed by atoms with Gasteiger partial charge in [0.05, 0.1) is 13.2 Å². The summed E-state index contributed by atoms with van der Waals surface area (Å²) in [6.45, 7) is 1.01. The van der Waals surface area contributed by atoms with Gasteiger partial charge in [0.1, 0.15) is 0 Å². The fraction of sp³-hybridized carbons (Fsp3) is 0.250. The number of hydrogen-bond acceptors (Lipinski definition) is 7. The summed E-state index contributed by atoms with van der Waals surface area (Å²) in [7, 11) is -3.85. The highest BCUT2D eigenvalue weighted by molar-refractivity contribution is 7.89. The average Bonchev–Trinajstić information content (AvgIpc) is 3.14. The van der Waals surface area contributed by atoms with E-state index in [-0.39, 0.29) is 29.5 Å². The molecule has 0 atom stereocenters. The molecular formula is C16H17N3O6S. The first-order valence-corrected chi connectivity index (χ1v) is 9.21. The highest BCUT2D eigenvalue weighted by atomic mass is 32.2. The lowest BCUT2D eigenvalue weighted by Crippen LogP contribution is -2.40. The molecular weight excluding hydrogens is 362 g/mol. The van der Waals surface area contributed by atoms with Crippen LogP contribution in [0.4, 0.5) is 5.69 Å². The molecule has 0 unspecified atom stereocenters. The van der Waals surface area contributed by atoms with Crippen molar-refractivity contribution in [2.24, 2.45) is 0 Å². The number of morpholine rings is 1.